The lowest BCUT2D eigenvalue weighted by Gasteiger charge is -2.23. The maximum atomic E-state index is 8.21. The molecule has 0 unspecified atom stereocenters. The Balaban J connectivity index is 1.54. The minimum atomic E-state index is -2.21. The van der Waals surface area contributed by atoms with Gasteiger partial charge in [0.05, 0.1) is 28.0 Å². The fraction of sp³-hybridized carbons (Fsp3) is 0.189. The largest absolute Gasteiger partial charge is 0.437 e. The third-order valence-corrected chi connectivity index (χ3v) is 7.87. The van der Waals surface area contributed by atoms with Crippen molar-refractivity contribution >= 4 is 33.1 Å². The van der Waals surface area contributed by atoms with Gasteiger partial charge in [-0.1, -0.05) is 100.0 Å². The fourth-order valence-electron chi connectivity index (χ4n) is 5.88. The van der Waals surface area contributed by atoms with Crippen molar-refractivity contribution in [3.8, 4) is 28.3 Å². The van der Waals surface area contributed by atoms with Gasteiger partial charge in [-0.15, -0.1) is 0 Å². The molecule has 4 aromatic carbocycles. The lowest BCUT2D eigenvalue weighted by molar-refractivity contribution is 0.655. The van der Waals surface area contributed by atoms with Gasteiger partial charge < -0.3 is 4.42 Å². The van der Waals surface area contributed by atoms with Crippen LogP contribution in [0.1, 0.15) is 60.3 Å². The van der Waals surface area contributed by atoms with Crippen LogP contribution in [0.4, 0.5) is 0 Å². The summed E-state index contributed by atoms with van der Waals surface area (Å²) < 4.78 is 33.4. The Morgan fingerprint density at radius 3 is 2.20 bits per heavy atom. The topological polar surface area (TPSA) is 43.9 Å². The van der Waals surface area contributed by atoms with Crippen molar-refractivity contribution in [2.24, 2.45) is 0 Å². The molecule has 0 N–H and O–H groups in total. The molecule has 7 rings (SSSR count). The van der Waals surface area contributed by atoms with E-state index in [-0.39, 0.29) is 11.8 Å². The summed E-state index contributed by atoms with van der Waals surface area (Å²) in [7, 11) is 0. The first-order valence-electron chi connectivity index (χ1n) is 15.7. The molecule has 3 aromatic heterocycles. The van der Waals surface area contributed by atoms with Gasteiger partial charge in [0.25, 0.3) is 0 Å². The van der Waals surface area contributed by atoms with Crippen LogP contribution in [-0.4, -0.2) is 14.5 Å². The molecule has 4 heteroatoms. The zero-order valence-electron chi connectivity index (χ0n) is 26.6. The highest BCUT2D eigenvalue weighted by Crippen LogP contribution is 2.41. The van der Waals surface area contributed by atoms with Crippen LogP contribution >= 0.6 is 0 Å². The first-order chi connectivity index (χ1) is 21.1. The number of nitrogens with zero attached hydrogens (tertiary/aromatic N) is 3. The molecule has 4 nitrogen and oxygen atoms in total. The predicted molar refractivity (Wildman–Crippen MR) is 170 cm³/mol. The smallest absolute Gasteiger partial charge is 0.227 e. The normalized spacial score (nSPS) is 13.4. The molecule has 41 heavy (non-hydrogen) atoms. The van der Waals surface area contributed by atoms with Gasteiger partial charge in [-0.3, -0.25) is 4.57 Å². The third kappa shape index (κ3) is 4.13. The number of hydrogen-bond donors (Lipinski definition) is 0. The van der Waals surface area contributed by atoms with E-state index in [2.05, 4.69) is 50.5 Å². The van der Waals surface area contributed by atoms with Gasteiger partial charge >= 0.3 is 0 Å². The van der Waals surface area contributed by atoms with Gasteiger partial charge in [-0.25, -0.2) is 9.97 Å². The predicted octanol–water partition coefficient (Wildman–Crippen LogP) is 10.2. The van der Waals surface area contributed by atoms with Gasteiger partial charge in [-0.05, 0) is 60.1 Å². The van der Waals surface area contributed by atoms with Gasteiger partial charge in [0.1, 0.15) is 11.4 Å². The summed E-state index contributed by atoms with van der Waals surface area (Å²) in [6, 6.07) is 32.1. The Bertz CT molecular complexity index is 2140. The summed E-state index contributed by atoms with van der Waals surface area (Å²) in [5.74, 6) is 0.882. The molecule has 0 amide bonds. The SMILES string of the molecule is [2H]C([2H])([2H])c1cc(C(C)C)c(-n2c(-c3cccc4c3oc3nc(-c5ccccc5)ccc34)nc3ccccc32)c(C(C)C)c1. The van der Waals surface area contributed by atoms with Gasteiger partial charge in [0.2, 0.25) is 5.71 Å². The minimum absolute atomic E-state index is 0.0708. The second kappa shape index (κ2) is 9.74. The zero-order valence-corrected chi connectivity index (χ0v) is 23.6. The summed E-state index contributed by atoms with van der Waals surface area (Å²) in [5, 5.41) is 1.91. The van der Waals surface area contributed by atoms with Crippen LogP contribution in [0.5, 0.6) is 0 Å². The highest BCUT2D eigenvalue weighted by atomic mass is 16.3. The van der Waals surface area contributed by atoms with Crippen molar-refractivity contribution in [1.29, 1.82) is 0 Å². The van der Waals surface area contributed by atoms with Crippen molar-refractivity contribution in [1.82, 2.24) is 14.5 Å². The second-order valence-corrected chi connectivity index (χ2v) is 11.3. The van der Waals surface area contributed by atoms with E-state index >= 15 is 0 Å². The highest BCUT2D eigenvalue weighted by molar-refractivity contribution is 6.09. The maximum Gasteiger partial charge on any atom is 0.227 e. The Morgan fingerprint density at radius 1 is 0.732 bits per heavy atom. The van der Waals surface area contributed by atoms with Crippen LogP contribution in [0, 0.1) is 6.85 Å². The molecule has 0 aliphatic heterocycles. The van der Waals surface area contributed by atoms with Crippen molar-refractivity contribution in [2.45, 2.75) is 46.4 Å². The van der Waals surface area contributed by atoms with E-state index in [0.717, 1.165) is 61.3 Å². The van der Waals surface area contributed by atoms with Crippen LogP contribution in [0.15, 0.2) is 101 Å². The van der Waals surface area contributed by atoms with E-state index in [0.29, 0.717) is 16.9 Å². The molecule has 0 fully saturated rings. The summed E-state index contributed by atoms with van der Waals surface area (Å²) in [4.78, 5) is 10.1. The fourth-order valence-corrected chi connectivity index (χ4v) is 5.88. The third-order valence-electron chi connectivity index (χ3n) is 7.87. The monoisotopic (exact) mass is 538 g/mol. The van der Waals surface area contributed by atoms with Crippen LogP contribution < -0.4 is 0 Å². The molecule has 0 bridgehead atoms. The van der Waals surface area contributed by atoms with Crippen molar-refractivity contribution in [3.05, 3.63) is 114 Å². The molecule has 202 valence electrons. The van der Waals surface area contributed by atoms with E-state index in [4.69, 9.17) is 18.5 Å². The quantitative estimate of drug-likeness (QED) is 0.219. The van der Waals surface area contributed by atoms with E-state index in [1.165, 1.54) is 0 Å². The number of aromatic nitrogens is 3. The van der Waals surface area contributed by atoms with Gasteiger partial charge in [0, 0.05) is 20.4 Å². The van der Waals surface area contributed by atoms with Crippen LogP contribution in [-0.2, 0) is 0 Å². The number of aryl methyl sites for hydroxylation is 1. The number of para-hydroxylation sites is 3. The van der Waals surface area contributed by atoms with Gasteiger partial charge in [-0.2, -0.15) is 0 Å². The van der Waals surface area contributed by atoms with Gasteiger partial charge in [0.15, 0.2) is 0 Å². The lowest BCUT2D eigenvalue weighted by Crippen LogP contribution is -2.09. The number of benzene rings is 4. The number of fused-ring (bicyclic) bond motifs is 4. The molecule has 0 saturated heterocycles. The Labute approximate surface area is 244 Å². The van der Waals surface area contributed by atoms with Crippen molar-refractivity contribution in [2.75, 3.05) is 0 Å². The number of pyridine rings is 1. The highest BCUT2D eigenvalue weighted by Gasteiger charge is 2.25. The van der Waals surface area contributed by atoms with Crippen molar-refractivity contribution in [3.63, 3.8) is 0 Å². The summed E-state index contributed by atoms with van der Waals surface area (Å²) in [6.07, 6.45) is 0. The Kier molecular flexibility index (Phi) is 5.24. The van der Waals surface area contributed by atoms with E-state index < -0.39 is 6.85 Å². The van der Waals surface area contributed by atoms with Crippen molar-refractivity contribution < 1.29 is 8.53 Å². The molecule has 0 radical (unpaired) electrons. The average molecular weight is 539 g/mol. The first-order valence-corrected chi connectivity index (χ1v) is 14.2. The second-order valence-electron chi connectivity index (χ2n) is 11.3. The number of hydrogen-bond acceptors (Lipinski definition) is 3. The van der Waals surface area contributed by atoms with E-state index in [1.807, 2.05) is 78.9 Å². The first kappa shape index (κ1) is 22.0. The number of rotatable bonds is 5. The molecule has 7 aromatic rings. The number of imidazole rings is 1. The van der Waals surface area contributed by atoms with E-state index in [9.17, 15) is 0 Å². The molecule has 0 atom stereocenters. The maximum absolute atomic E-state index is 8.21. The molecule has 0 aliphatic rings. The van der Waals surface area contributed by atoms with Crippen LogP contribution in [0.2, 0.25) is 0 Å². The average Bonchev–Trinajstić information content (AvgIpc) is 3.58. The zero-order chi connectivity index (χ0) is 30.7. The lowest BCUT2D eigenvalue weighted by atomic mass is 9.90. The standard InChI is InChI=1S/C37H33N3O/c1-22(2)29-20-24(5)21-30(23(3)4)34(29)40-33-17-10-9-16-32(33)38-36(40)28-15-11-14-26-27-18-19-31(25-12-7-6-8-13-25)39-37(27)41-35(26)28/h6-23H,1-5H3/i5D3. The molecular formula is C37H33N3O. The molecule has 0 spiro atoms. The summed E-state index contributed by atoms with van der Waals surface area (Å²) >= 11 is 0. The van der Waals surface area contributed by atoms with Crippen LogP contribution in [0.25, 0.3) is 61.4 Å². The molecule has 3 heterocycles. The molecular weight excluding hydrogens is 502 g/mol. The van der Waals surface area contributed by atoms with Crippen LogP contribution in [0.3, 0.4) is 0 Å². The summed E-state index contributed by atoms with van der Waals surface area (Å²) in [5.41, 5.74) is 9.09. The minimum Gasteiger partial charge on any atom is -0.437 e. The Hall–Kier alpha value is -4.70. The number of furan rings is 1. The Morgan fingerprint density at radius 2 is 1.46 bits per heavy atom. The molecule has 0 saturated carbocycles. The summed E-state index contributed by atoms with van der Waals surface area (Å²) in [6.45, 7) is 6.24. The van der Waals surface area contributed by atoms with E-state index in [1.54, 1.807) is 0 Å². The molecule has 0 aliphatic carbocycles.